The number of hydrogen-bond acceptors (Lipinski definition) is 7. The third-order valence-corrected chi connectivity index (χ3v) is 14.1. The molecule has 0 amide bonds. The van der Waals surface area contributed by atoms with Gasteiger partial charge in [0.2, 0.25) is 0 Å². The van der Waals surface area contributed by atoms with E-state index < -0.39 is 22.2 Å². The first-order valence-corrected chi connectivity index (χ1v) is 15.6. The van der Waals surface area contributed by atoms with Gasteiger partial charge in [0.1, 0.15) is 0 Å². The van der Waals surface area contributed by atoms with Gasteiger partial charge in [0.05, 0.1) is 31.8 Å². The summed E-state index contributed by atoms with van der Waals surface area (Å²) in [6.45, 7) is 17.0. The van der Waals surface area contributed by atoms with Gasteiger partial charge in [0.25, 0.3) is 0 Å². The van der Waals surface area contributed by atoms with Gasteiger partial charge in [-0.15, -0.1) is 0 Å². The highest BCUT2D eigenvalue weighted by atomic mass is 16.7. The maximum Gasteiger partial charge on any atom is 0.308 e. The predicted molar refractivity (Wildman–Crippen MR) is 150 cm³/mol. The molecule has 0 aromatic heterocycles. The first-order chi connectivity index (χ1) is 18.6. The molecule has 8 atom stereocenters. The van der Waals surface area contributed by atoms with Crippen molar-refractivity contribution in [1.82, 2.24) is 5.48 Å². The smallest absolute Gasteiger partial charge is 0.308 e. The Labute approximate surface area is 240 Å². The lowest BCUT2D eigenvalue weighted by Crippen LogP contribution is -2.78. The van der Waals surface area contributed by atoms with Crippen LogP contribution in [0, 0.1) is 50.7 Å². The van der Waals surface area contributed by atoms with Gasteiger partial charge < -0.3 is 19.4 Å². The van der Waals surface area contributed by atoms with Crippen molar-refractivity contribution in [3.05, 3.63) is 11.6 Å². The highest BCUT2D eigenvalue weighted by molar-refractivity contribution is 5.95. The van der Waals surface area contributed by atoms with E-state index in [1.165, 1.54) is 12.7 Å². The maximum atomic E-state index is 14.5. The fourth-order valence-electron chi connectivity index (χ4n) is 11.9. The number of rotatable bonds is 2. The average molecular weight is 558 g/mol. The number of ketones is 1. The van der Waals surface area contributed by atoms with Crippen LogP contribution in [0.25, 0.3) is 0 Å². The molecule has 0 bridgehead atoms. The van der Waals surface area contributed by atoms with E-state index in [0.29, 0.717) is 13.2 Å². The van der Waals surface area contributed by atoms with Crippen molar-refractivity contribution in [2.24, 2.45) is 50.7 Å². The number of carbonyl (C=O) groups excluding carboxylic acids is 2. The Morgan fingerprint density at radius 3 is 2.20 bits per heavy atom. The largest absolute Gasteiger partial charge is 0.469 e. The Morgan fingerprint density at radius 2 is 1.57 bits per heavy atom. The standard InChI is InChI=1S/C33H51NO6/c1-27(2)18-21-20(22(19-27)26(36)38-8)9-10-31(7)25(21)23(35)17-24-29(31,5)11-13-32(34-37)28(3,4)33(39-15-16-40-33)14-12-30(24,32)6/h17,20-22,25,34,37H,9-16,18-19H2,1-8H3/t20?,21-,22-,25+,29-,30-,31-,32-/m1/s1. The van der Waals surface area contributed by atoms with E-state index in [2.05, 4.69) is 53.9 Å². The van der Waals surface area contributed by atoms with Crippen molar-refractivity contribution in [2.45, 2.75) is 111 Å². The Kier molecular flexibility index (Phi) is 6.23. The minimum Gasteiger partial charge on any atom is -0.469 e. The zero-order valence-corrected chi connectivity index (χ0v) is 25.9. The number of methoxy groups -OCH3 is 1. The third-order valence-electron chi connectivity index (χ3n) is 14.1. The molecule has 5 fully saturated rings. The van der Waals surface area contributed by atoms with Gasteiger partial charge in [-0.2, -0.15) is 5.48 Å². The second-order valence-corrected chi connectivity index (χ2v) is 16.2. The second kappa shape index (κ2) is 8.64. The van der Waals surface area contributed by atoms with Gasteiger partial charge in [-0.3, -0.25) is 9.59 Å². The van der Waals surface area contributed by atoms with E-state index in [-0.39, 0.29) is 51.7 Å². The number of esters is 1. The number of ether oxygens (including phenoxy) is 3. The van der Waals surface area contributed by atoms with Crippen LogP contribution in [0.15, 0.2) is 11.6 Å². The molecule has 1 unspecified atom stereocenters. The summed E-state index contributed by atoms with van der Waals surface area (Å²) < 4.78 is 17.9. The average Bonchev–Trinajstić information content (AvgIpc) is 3.38. The normalized spacial score (nSPS) is 48.3. The van der Waals surface area contributed by atoms with Crippen LogP contribution in [0.3, 0.4) is 0 Å². The number of hydroxylamine groups is 1. The van der Waals surface area contributed by atoms with Crippen molar-refractivity contribution >= 4 is 11.8 Å². The minimum atomic E-state index is -0.754. The monoisotopic (exact) mass is 557 g/mol. The Morgan fingerprint density at radius 1 is 0.925 bits per heavy atom. The molecule has 7 heteroatoms. The zero-order chi connectivity index (χ0) is 29.1. The fraction of sp³-hybridized carbons (Fsp3) is 0.879. The maximum absolute atomic E-state index is 14.5. The lowest BCUT2D eigenvalue weighted by atomic mass is 9.33. The fourth-order valence-corrected chi connectivity index (χ4v) is 11.9. The topological polar surface area (TPSA) is 94.1 Å². The van der Waals surface area contributed by atoms with Crippen LogP contribution in [-0.2, 0) is 23.8 Å². The molecule has 4 saturated carbocycles. The van der Waals surface area contributed by atoms with Gasteiger partial charge in [0.15, 0.2) is 11.6 Å². The number of nitrogens with one attached hydrogen (secondary N) is 1. The molecule has 1 aliphatic heterocycles. The highest BCUT2D eigenvalue weighted by Gasteiger charge is 2.76. The summed E-state index contributed by atoms with van der Waals surface area (Å²) in [7, 11) is 1.50. The van der Waals surface area contributed by atoms with Crippen molar-refractivity contribution in [2.75, 3.05) is 20.3 Å². The SMILES string of the molecule is COC(=O)[C@@H]1CC(C)(C)C[C@@H]2C1CC[C@]1(C)[C@@H]2C(=O)C=C2[C@@]1(C)CC[C@@]1(NO)C(C)(C)C3(CC[C@]21C)OCCO3. The number of allylic oxidation sites excluding steroid dienone is 1. The first kappa shape index (κ1) is 28.8. The minimum absolute atomic E-state index is 0.0268. The molecule has 1 saturated heterocycles. The molecule has 1 spiro atoms. The Bertz CT molecular complexity index is 1140. The molecule has 1 heterocycles. The molecule has 6 rings (SSSR count). The molecule has 6 aliphatic rings. The summed E-state index contributed by atoms with van der Waals surface area (Å²) in [6.07, 6.45) is 8.75. The summed E-state index contributed by atoms with van der Waals surface area (Å²) in [5.41, 5.74) is 1.89. The molecule has 0 radical (unpaired) electrons. The summed E-state index contributed by atoms with van der Waals surface area (Å²) in [6, 6.07) is 0. The van der Waals surface area contributed by atoms with Crippen molar-refractivity contribution < 1.29 is 29.0 Å². The summed E-state index contributed by atoms with van der Waals surface area (Å²) in [5.74, 6) is -0.571. The van der Waals surface area contributed by atoms with Crippen LogP contribution in [0.1, 0.15) is 99.8 Å². The Balaban J connectivity index is 1.47. The third kappa shape index (κ3) is 3.21. The quantitative estimate of drug-likeness (QED) is 0.325. The molecule has 40 heavy (non-hydrogen) atoms. The second-order valence-electron chi connectivity index (χ2n) is 16.2. The van der Waals surface area contributed by atoms with E-state index in [1.54, 1.807) is 0 Å². The van der Waals surface area contributed by atoms with Crippen molar-refractivity contribution in [1.29, 1.82) is 0 Å². The number of hydrogen-bond donors (Lipinski definition) is 2. The lowest BCUT2D eigenvalue weighted by molar-refractivity contribution is -0.313. The Hall–Kier alpha value is -1.28. The van der Waals surface area contributed by atoms with Crippen LogP contribution in [0.2, 0.25) is 0 Å². The van der Waals surface area contributed by atoms with Crippen LogP contribution < -0.4 is 5.48 Å². The summed E-state index contributed by atoms with van der Waals surface area (Å²) in [5, 5.41) is 11.1. The van der Waals surface area contributed by atoms with Crippen LogP contribution in [0.5, 0.6) is 0 Å². The van der Waals surface area contributed by atoms with Crippen molar-refractivity contribution in [3.8, 4) is 0 Å². The molecule has 2 N–H and O–H groups in total. The zero-order valence-electron chi connectivity index (χ0n) is 25.9. The number of fused-ring (bicyclic) bond motifs is 7. The van der Waals surface area contributed by atoms with Crippen LogP contribution >= 0.6 is 0 Å². The van der Waals surface area contributed by atoms with Gasteiger partial charge in [-0.05, 0) is 79.1 Å². The lowest BCUT2D eigenvalue weighted by Gasteiger charge is -2.73. The number of carbonyl (C=O) groups is 2. The van der Waals surface area contributed by atoms with E-state index in [4.69, 9.17) is 14.2 Å². The van der Waals surface area contributed by atoms with Crippen LogP contribution in [0.4, 0.5) is 0 Å². The van der Waals surface area contributed by atoms with E-state index in [0.717, 1.165) is 51.4 Å². The highest BCUT2D eigenvalue weighted by Crippen LogP contribution is 2.76. The van der Waals surface area contributed by atoms with E-state index in [9.17, 15) is 14.8 Å². The van der Waals surface area contributed by atoms with Gasteiger partial charge in [0, 0.05) is 23.2 Å². The van der Waals surface area contributed by atoms with Crippen LogP contribution in [-0.4, -0.2) is 48.6 Å². The predicted octanol–water partition coefficient (Wildman–Crippen LogP) is 5.84. The molecule has 224 valence electrons. The van der Waals surface area contributed by atoms with E-state index >= 15 is 0 Å². The molecule has 0 aromatic rings. The molecular formula is C33H51NO6. The molecule has 0 aromatic carbocycles. The first-order valence-electron chi connectivity index (χ1n) is 15.6. The molecular weight excluding hydrogens is 506 g/mol. The van der Waals surface area contributed by atoms with E-state index in [1.807, 2.05) is 6.08 Å². The van der Waals surface area contributed by atoms with Gasteiger partial charge in [-0.1, -0.05) is 54.0 Å². The summed E-state index contributed by atoms with van der Waals surface area (Å²) in [4.78, 5) is 27.5. The molecule has 7 nitrogen and oxygen atoms in total. The van der Waals surface area contributed by atoms with Gasteiger partial charge in [-0.25, -0.2) is 0 Å². The van der Waals surface area contributed by atoms with Crippen molar-refractivity contribution in [3.63, 3.8) is 0 Å². The molecule has 5 aliphatic carbocycles. The van der Waals surface area contributed by atoms with Gasteiger partial charge >= 0.3 is 5.97 Å². The summed E-state index contributed by atoms with van der Waals surface area (Å²) >= 11 is 0.